The maximum atomic E-state index is 3.49. The Labute approximate surface area is 113 Å². The van der Waals surface area contributed by atoms with Gasteiger partial charge in [-0.1, -0.05) is 11.6 Å². The number of hydrogen-bond acceptors (Lipinski definition) is 1. The molecule has 1 aromatic carbocycles. The smallest absolute Gasteiger partial charge is 0.0667 e. The van der Waals surface area contributed by atoms with Gasteiger partial charge in [0.25, 0.3) is 0 Å². The molecule has 0 spiro atoms. The molecule has 4 rings (SSSR count). The van der Waals surface area contributed by atoms with Crippen LogP contribution < -0.4 is 5.32 Å². The zero-order valence-electron chi connectivity index (χ0n) is 10.4. The highest BCUT2D eigenvalue weighted by atomic mass is 35.5. The molecular formula is C15H17ClN2. The molecule has 0 saturated heterocycles. The van der Waals surface area contributed by atoms with Crippen molar-refractivity contribution < 1.29 is 0 Å². The predicted molar refractivity (Wildman–Crippen MR) is 78.1 cm³/mol. The molecule has 18 heavy (non-hydrogen) atoms. The van der Waals surface area contributed by atoms with E-state index >= 15 is 0 Å². The van der Waals surface area contributed by atoms with Gasteiger partial charge >= 0.3 is 0 Å². The fourth-order valence-corrected chi connectivity index (χ4v) is 3.33. The second-order valence-electron chi connectivity index (χ2n) is 5.18. The second-order valence-corrected chi connectivity index (χ2v) is 5.18. The average Bonchev–Trinajstić information content (AvgIpc) is 2.67. The van der Waals surface area contributed by atoms with Crippen molar-refractivity contribution in [2.75, 3.05) is 0 Å². The number of hydrogen-bond donors (Lipinski definition) is 1. The topological polar surface area (TPSA) is 17.0 Å². The van der Waals surface area contributed by atoms with E-state index in [-0.39, 0.29) is 12.4 Å². The third kappa shape index (κ3) is 1.42. The summed E-state index contributed by atoms with van der Waals surface area (Å²) in [4.78, 5) is 0. The number of aryl methyl sites for hydroxylation is 2. The van der Waals surface area contributed by atoms with E-state index in [1.165, 1.54) is 41.4 Å². The summed E-state index contributed by atoms with van der Waals surface area (Å²) >= 11 is 0. The molecule has 1 atom stereocenters. The second kappa shape index (κ2) is 4.06. The van der Waals surface area contributed by atoms with E-state index in [1.807, 2.05) is 0 Å². The summed E-state index contributed by atoms with van der Waals surface area (Å²) in [7, 11) is 0. The van der Waals surface area contributed by atoms with Crippen molar-refractivity contribution in [3.05, 3.63) is 41.2 Å². The summed E-state index contributed by atoms with van der Waals surface area (Å²) in [6.45, 7) is 2.18. The van der Waals surface area contributed by atoms with Gasteiger partial charge in [-0.2, -0.15) is 0 Å². The quantitative estimate of drug-likeness (QED) is 0.763. The Bertz CT molecular complexity index is 639. The summed E-state index contributed by atoms with van der Waals surface area (Å²) < 4.78 is 2.38. The van der Waals surface area contributed by atoms with Gasteiger partial charge in [-0.05, 0) is 43.9 Å². The normalized spacial score (nSPS) is 20.2. The molecule has 0 saturated carbocycles. The number of nitrogens with zero attached hydrogens (tertiary/aromatic N) is 1. The van der Waals surface area contributed by atoms with E-state index in [4.69, 9.17) is 0 Å². The molecule has 1 aliphatic carbocycles. The minimum atomic E-state index is 0. The lowest BCUT2D eigenvalue weighted by atomic mass is 9.91. The van der Waals surface area contributed by atoms with Gasteiger partial charge in [0.15, 0.2) is 0 Å². The molecule has 1 unspecified atom stereocenters. The van der Waals surface area contributed by atoms with Crippen LogP contribution >= 0.6 is 12.4 Å². The van der Waals surface area contributed by atoms with Gasteiger partial charge in [-0.25, -0.2) is 0 Å². The Hall–Kier alpha value is -1.41. The van der Waals surface area contributed by atoms with E-state index < -0.39 is 0 Å². The fraction of sp³-hybridized carbons (Fsp3) is 0.333. The van der Waals surface area contributed by atoms with Crippen molar-refractivity contribution in [1.82, 2.24) is 9.88 Å². The van der Waals surface area contributed by atoms with Crippen molar-refractivity contribution >= 4 is 29.5 Å². The molecule has 0 amide bonds. The Morgan fingerprint density at radius 1 is 1.33 bits per heavy atom. The fourth-order valence-electron chi connectivity index (χ4n) is 3.33. The van der Waals surface area contributed by atoms with Crippen LogP contribution in [0, 0.1) is 6.92 Å². The summed E-state index contributed by atoms with van der Waals surface area (Å²) in [5, 5.41) is 4.95. The van der Waals surface area contributed by atoms with Gasteiger partial charge in [0.1, 0.15) is 0 Å². The summed E-state index contributed by atoms with van der Waals surface area (Å²) in [5.41, 5.74) is 5.79. The Balaban J connectivity index is 0.000001000. The molecule has 2 heterocycles. The van der Waals surface area contributed by atoms with Crippen molar-refractivity contribution in [3.8, 4) is 0 Å². The molecule has 1 aliphatic heterocycles. The molecule has 0 radical (unpaired) electrons. The van der Waals surface area contributed by atoms with Crippen LogP contribution in [0.25, 0.3) is 17.1 Å². The number of rotatable bonds is 0. The summed E-state index contributed by atoms with van der Waals surface area (Å²) in [6, 6.07) is 7.33. The lowest BCUT2D eigenvalue weighted by molar-refractivity contribution is 0.490. The predicted octanol–water partition coefficient (Wildman–Crippen LogP) is 3.78. The molecule has 1 aromatic heterocycles. The maximum Gasteiger partial charge on any atom is 0.0667 e. The maximum absolute atomic E-state index is 3.49. The number of halogens is 1. The third-order valence-corrected chi connectivity index (χ3v) is 4.08. The standard InChI is InChI=1S/C15H16N2.ClH/c1-10-5-6-14-12(9-10)11-3-2-4-13-15(11)17(14)8-7-16-13;/h5-9,13,16H,2-4H2,1H3;1H. The summed E-state index contributed by atoms with van der Waals surface area (Å²) in [5.74, 6) is 0. The SMILES string of the molecule is Cc1ccc2c(c1)c1c3n2C=CNC3CCC1.Cl. The highest BCUT2D eigenvalue weighted by molar-refractivity contribution is 5.88. The van der Waals surface area contributed by atoms with Crippen LogP contribution in [0.4, 0.5) is 0 Å². The van der Waals surface area contributed by atoms with Crippen LogP contribution in [-0.2, 0) is 6.42 Å². The van der Waals surface area contributed by atoms with E-state index in [9.17, 15) is 0 Å². The Morgan fingerprint density at radius 3 is 3.11 bits per heavy atom. The highest BCUT2D eigenvalue weighted by Crippen LogP contribution is 2.39. The van der Waals surface area contributed by atoms with Crippen molar-refractivity contribution in [2.24, 2.45) is 0 Å². The largest absolute Gasteiger partial charge is 0.381 e. The zero-order valence-corrected chi connectivity index (χ0v) is 11.3. The van der Waals surface area contributed by atoms with Gasteiger partial charge in [0, 0.05) is 23.5 Å². The van der Waals surface area contributed by atoms with Crippen LogP contribution in [0.5, 0.6) is 0 Å². The van der Waals surface area contributed by atoms with Gasteiger partial charge in [-0.15, -0.1) is 12.4 Å². The van der Waals surface area contributed by atoms with E-state index in [0.717, 1.165) is 0 Å². The minimum Gasteiger partial charge on any atom is -0.381 e. The van der Waals surface area contributed by atoms with Crippen LogP contribution in [-0.4, -0.2) is 4.57 Å². The molecule has 2 aliphatic rings. The molecule has 2 nitrogen and oxygen atoms in total. The Morgan fingerprint density at radius 2 is 2.22 bits per heavy atom. The highest BCUT2D eigenvalue weighted by Gasteiger charge is 2.27. The van der Waals surface area contributed by atoms with Gasteiger partial charge in [0.2, 0.25) is 0 Å². The summed E-state index contributed by atoms with van der Waals surface area (Å²) in [6.07, 6.45) is 8.04. The van der Waals surface area contributed by atoms with Crippen LogP contribution in [0.1, 0.15) is 35.7 Å². The average molecular weight is 261 g/mol. The molecule has 1 N–H and O–H groups in total. The van der Waals surface area contributed by atoms with E-state index in [0.29, 0.717) is 6.04 Å². The van der Waals surface area contributed by atoms with Crippen LogP contribution in [0.15, 0.2) is 24.4 Å². The molecular weight excluding hydrogens is 244 g/mol. The molecule has 2 aromatic rings. The van der Waals surface area contributed by atoms with Gasteiger partial charge in [-0.3, -0.25) is 0 Å². The van der Waals surface area contributed by atoms with Crippen molar-refractivity contribution in [2.45, 2.75) is 32.2 Å². The van der Waals surface area contributed by atoms with Crippen LogP contribution in [0.2, 0.25) is 0 Å². The monoisotopic (exact) mass is 260 g/mol. The molecule has 0 fully saturated rings. The van der Waals surface area contributed by atoms with Crippen molar-refractivity contribution in [1.29, 1.82) is 0 Å². The Kier molecular flexibility index (Phi) is 2.63. The minimum absolute atomic E-state index is 0. The van der Waals surface area contributed by atoms with E-state index in [2.05, 4.69) is 47.4 Å². The molecule has 0 bridgehead atoms. The number of benzene rings is 1. The molecule has 3 heteroatoms. The third-order valence-electron chi connectivity index (χ3n) is 4.08. The van der Waals surface area contributed by atoms with Gasteiger partial charge in [0.05, 0.1) is 11.6 Å². The first-order valence-electron chi connectivity index (χ1n) is 6.40. The van der Waals surface area contributed by atoms with Gasteiger partial charge < -0.3 is 9.88 Å². The number of fused-ring (bicyclic) bond motifs is 3. The lowest BCUT2D eigenvalue weighted by Crippen LogP contribution is -2.25. The number of nitrogens with one attached hydrogen (secondary N) is 1. The zero-order chi connectivity index (χ0) is 11.4. The van der Waals surface area contributed by atoms with Crippen molar-refractivity contribution in [3.63, 3.8) is 0 Å². The first-order chi connectivity index (χ1) is 8.34. The lowest BCUT2D eigenvalue weighted by Gasteiger charge is -2.27. The molecule has 94 valence electrons. The first kappa shape index (κ1) is 11.7. The van der Waals surface area contributed by atoms with E-state index in [1.54, 1.807) is 5.56 Å². The first-order valence-corrected chi connectivity index (χ1v) is 6.40. The van der Waals surface area contributed by atoms with Crippen LogP contribution in [0.3, 0.4) is 0 Å². The number of aromatic nitrogens is 1.